The molecule has 98 valence electrons. The van der Waals surface area contributed by atoms with Gasteiger partial charge in [-0.05, 0) is 23.1 Å². The molecular formula is C17H17ClO. The fraction of sp³-hybridized carbons (Fsp3) is 0.235. The predicted octanol–water partition coefficient (Wildman–Crippen LogP) is 4.87. The molecule has 0 atom stereocenters. The second kappa shape index (κ2) is 5.18. The Kier molecular flexibility index (Phi) is 3.77. The second-order valence-electron chi connectivity index (χ2n) is 5.67. The summed E-state index contributed by atoms with van der Waals surface area (Å²) in [5, 5.41) is 0.581. The third kappa shape index (κ3) is 3.24. The van der Waals surface area contributed by atoms with E-state index in [1.807, 2.05) is 24.3 Å². The smallest absolute Gasteiger partial charge is 0.193 e. The number of rotatable bonds is 2. The summed E-state index contributed by atoms with van der Waals surface area (Å²) in [5.41, 5.74) is 2.62. The number of hydrogen-bond donors (Lipinski definition) is 0. The van der Waals surface area contributed by atoms with Crippen molar-refractivity contribution in [2.75, 3.05) is 0 Å². The lowest BCUT2D eigenvalue weighted by molar-refractivity contribution is 0.103. The van der Waals surface area contributed by atoms with Crippen molar-refractivity contribution in [3.63, 3.8) is 0 Å². The number of hydrogen-bond acceptors (Lipinski definition) is 1. The molecule has 0 radical (unpaired) electrons. The van der Waals surface area contributed by atoms with Gasteiger partial charge < -0.3 is 0 Å². The lowest BCUT2D eigenvalue weighted by Gasteiger charge is -2.19. The van der Waals surface area contributed by atoms with Gasteiger partial charge in [-0.15, -0.1) is 0 Å². The molecule has 0 saturated heterocycles. The third-order valence-electron chi connectivity index (χ3n) is 3.10. The molecule has 0 spiro atoms. The van der Waals surface area contributed by atoms with E-state index in [2.05, 4.69) is 20.8 Å². The zero-order valence-electron chi connectivity index (χ0n) is 11.4. The van der Waals surface area contributed by atoms with E-state index in [0.717, 1.165) is 0 Å². The molecule has 0 aliphatic heterocycles. The molecule has 0 heterocycles. The quantitative estimate of drug-likeness (QED) is 0.713. The maximum atomic E-state index is 12.3. The van der Waals surface area contributed by atoms with Gasteiger partial charge in [0.15, 0.2) is 5.78 Å². The first-order valence-corrected chi connectivity index (χ1v) is 6.66. The summed E-state index contributed by atoms with van der Waals surface area (Å²) in [6.45, 7) is 6.46. The first-order valence-electron chi connectivity index (χ1n) is 6.29. The standard InChI is InChI=1S/C17H17ClO/c1-17(2,3)14-9-7-12(8-10-14)16(19)13-5-4-6-15(18)11-13/h4-11H,1-3H3. The van der Waals surface area contributed by atoms with Crippen LogP contribution in [0.4, 0.5) is 0 Å². The van der Waals surface area contributed by atoms with Crippen LogP contribution in [0.5, 0.6) is 0 Å². The van der Waals surface area contributed by atoms with Crippen molar-refractivity contribution in [2.45, 2.75) is 26.2 Å². The highest BCUT2D eigenvalue weighted by Gasteiger charge is 2.15. The molecule has 0 aliphatic carbocycles. The van der Waals surface area contributed by atoms with Gasteiger partial charge in [0, 0.05) is 16.1 Å². The van der Waals surface area contributed by atoms with Crippen molar-refractivity contribution in [2.24, 2.45) is 0 Å². The Morgan fingerprint density at radius 2 is 1.58 bits per heavy atom. The zero-order chi connectivity index (χ0) is 14.0. The van der Waals surface area contributed by atoms with E-state index in [9.17, 15) is 4.79 Å². The number of ketones is 1. The molecule has 0 bridgehead atoms. The average Bonchev–Trinajstić information content (AvgIpc) is 2.37. The van der Waals surface area contributed by atoms with E-state index in [4.69, 9.17) is 11.6 Å². The van der Waals surface area contributed by atoms with Crippen molar-refractivity contribution < 1.29 is 4.79 Å². The SMILES string of the molecule is CC(C)(C)c1ccc(C(=O)c2cccc(Cl)c2)cc1. The van der Waals surface area contributed by atoms with E-state index in [0.29, 0.717) is 16.1 Å². The highest BCUT2D eigenvalue weighted by Crippen LogP contribution is 2.23. The minimum Gasteiger partial charge on any atom is -0.289 e. The van der Waals surface area contributed by atoms with Crippen LogP contribution in [0.1, 0.15) is 42.3 Å². The molecule has 2 rings (SSSR count). The van der Waals surface area contributed by atoms with Crippen molar-refractivity contribution in [3.05, 3.63) is 70.2 Å². The van der Waals surface area contributed by atoms with Crippen LogP contribution in [0.3, 0.4) is 0 Å². The van der Waals surface area contributed by atoms with Gasteiger partial charge in [-0.3, -0.25) is 4.79 Å². The largest absolute Gasteiger partial charge is 0.289 e. The summed E-state index contributed by atoms with van der Waals surface area (Å²) in [4.78, 5) is 12.3. The molecule has 19 heavy (non-hydrogen) atoms. The van der Waals surface area contributed by atoms with E-state index in [1.54, 1.807) is 24.3 Å². The Bertz CT molecular complexity index is 591. The first kappa shape index (κ1) is 13.8. The third-order valence-corrected chi connectivity index (χ3v) is 3.34. The maximum Gasteiger partial charge on any atom is 0.193 e. The molecule has 1 nitrogen and oxygen atoms in total. The van der Waals surface area contributed by atoms with Crippen LogP contribution < -0.4 is 0 Å². The Morgan fingerprint density at radius 1 is 0.947 bits per heavy atom. The van der Waals surface area contributed by atoms with E-state index in [-0.39, 0.29) is 11.2 Å². The summed E-state index contributed by atoms with van der Waals surface area (Å²) in [5.74, 6) is 0.00274. The summed E-state index contributed by atoms with van der Waals surface area (Å²) in [6, 6.07) is 14.8. The van der Waals surface area contributed by atoms with Gasteiger partial charge >= 0.3 is 0 Å². The van der Waals surface area contributed by atoms with E-state index < -0.39 is 0 Å². The monoisotopic (exact) mass is 272 g/mol. The van der Waals surface area contributed by atoms with Crippen molar-refractivity contribution in [1.82, 2.24) is 0 Å². The van der Waals surface area contributed by atoms with Gasteiger partial charge in [-0.1, -0.05) is 68.8 Å². The molecule has 0 unspecified atom stereocenters. The van der Waals surface area contributed by atoms with Crippen molar-refractivity contribution in [3.8, 4) is 0 Å². The summed E-state index contributed by atoms with van der Waals surface area (Å²) >= 11 is 5.91. The molecule has 2 aromatic carbocycles. The van der Waals surface area contributed by atoms with Gasteiger partial charge in [0.1, 0.15) is 0 Å². The Hall–Kier alpha value is -1.60. The van der Waals surface area contributed by atoms with E-state index >= 15 is 0 Å². The Morgan fingerprint density at radius 3 is 2.11 bits per heavy atom. The Labute approximate surface area is 119 Å². The summed E-state index contributed by atoms with van der Waals surface area (Å²) in [6.07, 6.45) is 0. The normalized spacial score (nSPS) is 11.4. The van der Waals surface area contributed by atoms with Crippen LogP contribution in [0.2, 0.25) is 5.02 Å². The lowest BCUT2D eigenvalue weighted by Crippen LogP contribution is -2.11. The van der Waals surface area contributed by atoms with Gasteiger partial charge in [0.2, 0.25) is 0 Å². The zero-order valence-corrected chi connectivity index (χ0v) is 12.2. The molecule has 2 heteroatoms. The van der Waals surface area contributed by atoms with Gasteiger partial charge in [0.25, 0.3) is 0 Å². The highest BCUT2D eigenvalue weighted by molar-refractivity contribution is 6.31. The number of benzene rings is 2. The van der Waals surface area contributed by atoms with Crippen LogP contribution in [0.15, 0.2) is 48.5 Å². The fourth-order valence-electron chi connectivity index (χ4n) is 1.92. The van der Waals surface area contributed by atoms with Crippen LogP contribution >= 0.6 is 11.6 Å². The molecular weight excluding hydrogens is 256 g/mol. The minimum absolute atomic E-state index is 0.00274. The topological polar surface area (TPSA) is 17.1 Å². The molecule has 0 N–H and O–H groups in total. The van der Waals surface area contributed by atoms with E-state index in [1.165, 1.54) is 5.56 Å². The van der Waals surface area contributed by atoms with Gasteiger partial charge in [-0.25, -0.2) is 0 Å². The van der Waals surface area contributed by atoms with Gasteiger partial charge in [0.05, 0.1) is 0 Å². The van der Waals surface area contributed by atoms with Crippen LogP contribution in [-0.4, -0.2) is 5.78 Å². The molecule has 0 amide bonds. The van der Waals surface area contributed by atoms with Crippen molar-refractivity contribution >= 4 is 17.4 Å². The molecule has 0 aliphatic rings. The summed E-state index contributed by atoms with van der Waals surface area (Å²) in [7, 11) is 0. The average molecular weight is 273 g/mol. The van der Waals surface area contributed by atoms with Crippen LogP contribution in [0, 0.1) is 0 Å². The minimum atomic E-state index is 0.00274. The fourth-order valence-corrected chi connectivity index (χ4v) is 2.11. The van der Waals surface area contributed by atoms with Crippen LogP contribution in [-0.2, 0) is 5.41 Å². The Balaban J connectivity index is 2.30. The summed E-state index contributed by atoms with van der Waals surface area (Å²) < 4.78 is 0. The number of halogens is 1. The number of carbonyl (C=O) groups excluding carboxylic acids is 1. The van der Waals surface area contributed by atoms with Crippen molar-refractivity contribution in [1.29, 1.82) is 0 Å². The highest BCUT2D eigenvalue weighted by atomic mass is 35.5. The number of carbonyl (C=O) groups is 1. The van der Waals surface area contributed by atoms with Crippen LogP contribution in [0.25, 0.3) is 0 Å². The first-order chi connectivity index (χ1) is 8.88. The molecule has 0 aromatic heterocycles. The molecule has 0 fully saturated rings. The molecule has 0 saturated carbocycles. The maximum absolute atomic E-state index is 12.3. The predicted molar refractivity (Wildman–Crippen MR) is 80.0 cm³/mol. The second-order valence-corrected chi connectivity index (χ2v) is 6.10. The lowest BCUT2D eigenvalue weighted by atomic mass is 9.86. The van der Waals surface area contributed by atoms with Gasteiger partial charge in [-0.2, -0.15) is 0 Å². The molecule has 2 aromatic rings.